The Bertz CT molecular complexity index is 217. The van der Waals surface area contributed by atoms with E-state index in [0.717, 1.165) is 25.0 Å². The summed E-state index contributed by atoms with van der Waals surface area (Å²) in [5, 5.41) is 0. The van der Waals surface area contributed by atoms with E-state index in [-0.39, 0.29) is 5.60 Å². The summed E-state index contributed by atoms with van der Waals surface area (Å²) in [6.07, 6.45) is 11.9. The van der Waals surface area contributed by atoms with Crippen molar-refractivity contribution in [3.8, 4) is 0 Å². The van der Waals surface area contributed by atoms with Crippen LogP contribution in [-0.2, 0) is 4.74 Å². The molecule has 0 heterocycles. The summed E-state index contributed by atoms with van der Waals surface area (Å²) in [6, 6.07) is 0. The van der Waals surface area contributed by atoms with Crippen molar-refractivity contribution < 1.29 is 4.74 Å². The molecule has 0 aliphatic heterocycles. The molecule has 2 nitrogen and oxygen atoms in total. The normalized spacial score (nSPS) is 33.9. The molecule has 2 heteroatoms. The Labute approximate surface area is 106 Å². The van der Waals surface area contributed by atoms with Crippen LogP contribution in [0.4, 0.5) is 0 Å². The average Bonchev–Trinajstić information content (AvgIpc) is 3.16. The highest BCUT2D eigenvalue weighted by atomic mass is 16.5. The Morgan fingerprint density at radius 3 is 2.24 bits per heavy atom. The second kappa shape index (κ2) is 6.19. The largest absolute Gasteiger partial charge is 0.374 e. The van der Waals surface area contributed by atoms with Gasteiger partial charge in [-0.2, -0.15) is 0 Å². The summed E-state index contributed by atoms with van der Waals surface area (Å²) in [7, 11) is 0. The van der Waals surface area contributed by atoms with Crippen molar-refractivity contribution in [1.29, 1.82) is 0 Å². The third-order valence-corrected chi connectivity index (χ3v) is 4.72. The van der Waals surface area contributed by atoms with E-state index >= 15 is 0 Å². The Morgan fingerprint density at radius 1 is 1.06 bits per heavy atom. The fourth-order valence-corrected chi connectivity index (χ4v) is 3.16. The van der Waals surface area contributed by atoms with Crippen LogP contribution in [0.25, 0.3) is 0 Å². The van der Waals surface area contributed by atoms with E-state index in [2.05, 4.69) is 6.92 Å². The van der Waals surface area contributed by atoms with Crippen molar-refractivity contribution in [2.45, 2.75) is 70.3 Å². The minimum Gasteiger partial charge on any atom is -0.374 e. The van der Waals surface area contributed by atoms with E-state index in [1.54, 1.807) is 0 Å². The lowest BCUT2D eigenvalue weighted by atomic mass is 9.77. The third-order valence-electron chi connectivity index (χ3n) is 4.72. The van der Waals surface area contributed by atoms with Crippen molar-refractivity contribution in [3.05, 3.63) is 0 Å². The van der Waals surface area contributed by atoms with Gasteiger partial charge < -0.3 is 10.5 Å². The fourth-order valence-electron chi connectivity index (χ4n) is 3.16. The SMILES string of the molecule is CCCC1CCC(CN)(OCCC2CC2)CC1. The first-order valence-corrected chi connectivity index (χ1v) is 7.62. The van der Waals surface area contributed by atoms with E-state index in [0.29, 0.717) is 0 Å². The van der Waals surface area contributed by atoms with Gasteiger partial charge >= 0.3 is 0 Å². The van der Waals surface area contributed by atoms with Crippen LogP contribution in [0.1, 0.15) is 64.7 Å². The molecule has 2 saturated carbocycles. The third kappa shape index (κ3) is 3.96. The molecule has 100 valence electrons. The molecule has 2 fully saturated rings. The number of hydrogen-bond donors (Lipinski definition) is 1. The molecule has 17 heavy (non-hydrogen) atoms. The standard InChI is InChI=1S/C15H29NO/c1-2-3-13-6-9-15(12-16,10-7-13)17-11-8-14-4-5-14/h13-14H,2-12,16H2,1H3. The maximum atomic E-state index is 6.17. The zero-order valence-electron chi connectivity index (χ0n) is 11.4. The van der Waals surface area contributed by atoms with Gasteiger partial charge in [0.2, 0.25) is 0 Å². The predicted octanol–water partition coefficient (Wildman–Crippen LogP) is 3.49. The predicted molar refractivity (Wildman–Crippen MR) is 71.9 cm³/mol. The quantitative estimate of drug-likeness (QED) is 0.738. The van der Waals surface area contributed by atoms with Crippen molar-refractivity contribution in [2.75, 3.05) is 13.2 Å². The second-order valence-corrected chi connectivity index (χ2v) is 6.20. The van der Waals surface area contributed by atoms with Gasteiger partial charge in [0.1, 0.15) is 0 Å². The number of hydrogen-bond acceptors (Lipinski definition) is 2. The molecule has 0 saturated heterocycles. The molecule has 2 aliphatic carbocycles. The van der Waals surface area contributed by atoms with E-state index < -0.39 is 0 Å². The maximum Gasteiger partial charge on any atom is 0.0804 e. The molecular formula is C15H29NO. The van der Waals surface area contributed by atoms with E-state index in [9.17, 15) is 0 Å². The van der Waals surface area contributed by atoms with Gasteiger partial charge in [-0.3, -0.25) is 0 Å². The van der Waals surface area contributed by atoms with Crippen LogP contribution in [0.3, 0.4) is 0 Å². The first-order chi connectivity index (χ1) is 8.28. The summed E-state index contributed by atoms with van der Waals surface area (Å²) >= 11 is 0. The molecule has 0 radical (unpaired) electrons. The van der Waals surface area contributed by atoms with Crippen molar-refractivity contribution in [1.82, 2.24) is 0 Å². The smallest absolute Gasteiger partial charge is 0.0804 e. The number of rotatable bonds is 7. The van der Waals surface area contributed by atoms with Crippen molar-refractivity contribution in [3.63, 3.8) is 0 Å². The highest BCUT2D eigenvalue weighted by Crippen LogP contribution is 2.38. The Kier molecular flexibility index (Phi) is 4.87. The molecule has 0 atom stereocenters. The minimum absolute atomic E-state index is 0.0408. The summed E-state index contributed by atoms with van der Waals surface area (Å²) in [5.74, 6) is 1.91. The molecule has 0 aromatic carbocycles. The molecule has 0 amide bonds. The van der Waals surface area contributed by atoms with Crippen molar-refractivity contribution >= 4 is 0 Å². The van der Waals surface area contributed by atoms with Crippen LogP contribution in [0.15, 0.2) is 0 Å². The number of ether oxygens (including phenoxy) is 1. The Hall–Kier alpha value is -0.0800. The molecule has 0 aromatic heterocycles. The average molecular weight is 239 g/mol. The van der Waals surface area contributed by atoms with Gasteiger partial charge in [0, 0.05) is 13.2 Å². The molecule has 0 unspecified atom stereocenters. The summed E-state index contributed by atoms with van der Waals surface area (Å²) in [6.45, 7) is 3.95. The minimum atomic E-state index is 0.0408. The fraction of sp³-hybridized carbons (Fsp3) is 1.00. The highest BCUT2D eigenvalue weighted by Gasteiger charge is 2.35. The molecule has 2 aliphatic rings. The zero-order chi connectivity index (χ0) is 12.1. The van der Waals surface area contributed by atoms with Crippen LogP contribution in [0.2, 0.25) is 0 Å². The van der Waals surface area contributed by atoms with E-state index in [1.165, 1.54) is 57.8 Å². The Morgan fingerprint density at radius 2 is 1.71 bits per heavy atom. The highest BCUT2D eigenvalue weighted by molar-refractivity contribution is 4.88. The lowest BCUT2D eigenvalue weighted by Crippen LogP contribution is -2.44. The maximum absolute atomic E-state index is 6.17. The first kappa shape index (κ1) is 13.4. The van der Waals surface area contributed by atoms with Crippen LogP contribution < -0.4 is 5.73 Å². The van der Waals surface area contributed by atoms with Gasteiger partial charge in [0.05, 0.1) is 5.60 Å². The molecule has 2 N–H and O–H groups in total. The molecule has 0 bridgehead atoms. The lowest BCUT2D eigenvalue weighted by molar-refractivity contribution is -0.0736. The van der Waals surface area contributed by atoms with E-state index in [4.69, 9.17) is 10.5 Å². The first-order valence-electron chi connectivity index (χ1n) is 7.62. The molecule has 2 rings (SSSR count). The monoisotopic (exact) mass is 239 g/mol. The summed E-state index contributed by atoms with van der Waals surface area (Å²) in [5.41, 5.74) is 6.01. The lowest BCUT2D eigenvalue weighted by Gasteiger charge is -2.39. The van der Waals surface area contributed by atoms with Crippen LogP contribution in [0.5, 0.6) is 0 Å². The summed E-state index contributed by atoms with van der Waals surface area (Å²) in [4.78, 5) is 0. The summed E-state index contributed by atoms with van der Waals surface area (Å²) < 4.78 is 6.17. The Balaban J connectivity index is 1.71. The van der Waals surface area contributed by atoms with Gasteiger partial charge in [-0.1, -0.05) is 32.6 Å². The molecule has 0 aromatic rings. The van der Waals surface area contributed by atoms with Gasteiger partial charge in [-0.05, 0) is 43.9 Å². The molecular weight excluding hydrogens is 210 g/mol. The molecule has 0 spiro atoms. The van der Waals surface area contributed by atoms with Crippen LogP contribution >= 0.6 is 0 Å². The van der Waals surface area contributed by atoms with Crippen LogP contribution in [0, 0.1) is 11.8 Å². The number of nitrogens with two attached hydrogens (primary N) is 1. The van der Waals surface area contributed by atoms with Crippen molar-refractivity contribution in [2.24, 2.45) is 17.6 Å². The van der Waals surface area contributed by atoms with Gasteiger partial charge in [0.15, 0.2) is 0 Å². The topological polar surface area (TPSA) is 35.2 Å². The van der Waals surface area contributed by atoms with Gasteiger partial charge in [0.25, 0.3) is 0 Å². The second-order valence-electron chi connectivity index (χ2n) is 6.20. The van der Waals surface area contributed by atoms with Crippen LogP contribution in [-0.4, -0.2) is 18.8 Å². The van der Waals surface area contributed by atoms with Gasteiger partial charge in [-0.15, -0.1) is 0 Å². The van der Waals surface area contributed by atoms with E-state index in [1.807, 2.05) is 0 Å². The van der Waals surface area contributed by atoms with Gasteiger partial charge in [-0.25, -0.2) is 0 Å². The zero-order valence-corrected chi connectivity index (χ0v) is 11.4.